The smallest absolute Gasteiger partial charge is 0.335 e. The number of anilines is 1. The highest BCUT2D eigenvalue weighted by Crippen LogP contribution is 2.29. The van der Waals surface area contributed by atoms with Gasteiger partial charge in [0.25, 0.3) is 0 Å². The summed E-state index contributed by atoms with van der Waals surface area (Å²) < 4.78 is 0. The summed E-state index contributed by atoms with van der Waals surface area (Å²) in [6.45, 7) is 2.60. The van der Waals surface area contributed by atoms with E-state index in [0.717, 1.165) is 37.3 Å². The van der Waals surface area contributed by atoms with Gasteiger partial charge in [-0.3, -0.25) is 0 Å². The van der Waals surface area contributed by atoms with Gasteiger partial charge in [-0.05, 0) is 42.3 Å². The third kappa shape index (κ3) is 4.01. The molecule has 24 heavy (non-hydrogen) atoms. The molecule has 0 saturated carbocycles. The van der Waals surface area contributed by atoms with Crippen LogP contribution in [-0.2, 0) is 6.54 Å². The van der Waals surface area contributed by atoms with E-state index >= 15 is 0 Å². The second-order valence-electron chi connectivity index (χ2n) is 5.91. The van der Waals surface area contributed by atoms with Crippen molar-refractivity contribution >= 4 is 34.9 Å². The lowest BCUT2D eigenvalue weighted by Crippen LogP contribution is -2.32. The minimum absolute atomic E-state index is 0.311. The first kappa shape index (κ1) is 17.1. The van der Waals surface area contributed by atoms with Crippen molar-refractivity contribution in [3.8, 4) is 0 Å². The molecule has 0 bridgehead atoms. The first-order chi connectivity index (χ1) is 11.5. The number of aromatic carboxylic acids is 1. The Morgan fingerprint density at radius 1 is 1.17 bits per heavy atom. The summed E-state index contributed by atoms with van der Waals surface area (Å²) in [7, 11) is 0. The Morgan fingerprint density at radius 3 is 2.58 bits per heavy atom. The predicted octanol–water partition coefficient (Wildman–Crippen LogP) is 4.06. The molecule has 3 rings (SSSR count). The van der Waals surface area contributed by atoms with E-state index in [4.69, 9.17) is 28.3 Å². The number of hydrogen-bond acceptors (Lipinski definition) is 3. The number of nitrogens with zero attached hydrogens (tertiary/aromatic N) is 1. The fraction of sp³-hybridized carbons (Fsp3) is 0.278. The molecular weight excluding hydrogens is 347 g/mol. The normalized spacial score (nSPS) is 17.2. The number of rotatable bonds is 5. The Hall–Kier alpha value is -1.75. The standard InChI is InChI=1S/C18H18Cl2N2O2/c19-16-6-5-15(9-17(16)20)22-8-7-14(11-22)21-10-12-1-3-13(4-2-12)18(23)24/h1-6,9,14,21H,7-8,10-11H2,(H,23,24). The van der Waals surface area contributed by atoms with E-state index < -0.39 is 5.97 Å². The van der Waals surface area contributed by atoms with Crippen LogP contribution < -0.4 is 10.2 Å². The highest BCUT2D eigenvalue weighted by atomic mass is 35.5. The summed E-state index contributed by atoms with van der Waals surface area (Å²) in [4.78, 5) is 13.1. The zero-order chi connectivity index (χ0) is 17.1. The first-order valence-corrected chi connectivity index (χ1v) is 8.54. The zero-order valence-corrected chi connectivity index (χ0v) is 14.5. The summed E-state index contributed by atoms with van der Waals surface area (Å²) in [5.41, 5.74) is 2.47. The van der Waals surface area contributed by atoms with Gasteiger partial charge in [0.1, 0.15) is 0 Å². The van der Waals surface area contributed by atoms with Crippen LogP contribution in [0.25, 0.3) is 0 Å². The lowest BCUT2D eigenvalue weighted by molar-refractivity contribution is 0.0697. The molecule has 1 atom stereocenters. The van der Waals surface area contributed by atoms with Crippen LogP contribution in [0.1, 0.15) is 22.3 Å². The maximum atomic E-state index is 10.9. The van der Waals surface area contributed by atoms with Gasteiger partial charge in [-0.25, -0.2) is 4.79 Å². The molecule has 1 heterocycles. The molecule has 0 aromatic heterocycles. The van der Waals surface area contributed by atoms with Crippen molar-refractivity contribution in [1.29, 1.82) is 0 Å². The topological polar surface area (TPSA) is 52.6 Å². The van der Waals surface area contributed by atoms with Crippen LogP contribution in [-0.4, -0.2) is 30.2 Å². The minimum Gasteiger partial charge on any atom is -0.478 e. The number of carboxylic acids is 1. The largest absolute Gasteiger partial charge is 0.478 e. The van der Waals surface area contributed by atoms with Crippen LogP contribution in [0.5, 0.6) is 0 Å². The third-order valence-electron chi connectivity index (χ3n) is 4.25. The fourth-order valence-corrected chi connectivity index (χ4v) is 3.16. The maximum absolute atomic E-state index is 10.9. The molecule has 2 aromatic carbocycles. The van der Waals surface area contributed by atoms with Crippen LogP contribution in [0.2, 0.25) is 10.0 Å². The van der Waals surface area contributed by atoms with E-state index in [-0.39, 0.29) is 0 Å². The predicted molar refractivity (Wildman–Crippen MR) is 97.3 cm³/mol. The number of halogens is 2. The Labute approximate surface area is 151 Å². The summed E-state index contributed by atoms with van der Waals surface area (Å²) in [6.07, 6.45) is 1.05. The molecule has 1 aliphatic rings. The fourth-order valence-electron chi connectivity index (χ4n) is 2.87. The maximum Gasteiger partial charge on any atom is 0.335 e. The Balaban J connectivity index is 1.54. The van der Waals surface area contributed by atoms with Crippen LogP contribution in [0, 0.1) is 0 Å². The van der Waals surface area contributed by atoms with E-state index in [1.165, 1.54) is 0 Å². The highest BCUT2D eigenvalue weighted by molar-refractivity contribution is 6.42. The molecule has 0 spiro atoms. The van der Waals surface area contributed by atoms with Gasteiger partial charge in [-0.2, -0.15) is 0 Å². The van der Waals surface area contributed by atoms with Crippen molar-refractivity contribution in [3.05, 3.63) is 63.6 Å². The van der Waals surface area contributed by atoms with E-state index in [2.05, 4.69) is 10.2 Å². The van der Waals surface area contributed by atoms with E-state index in [9.17, 15) is 4.79 Å². The Morgan fingerprint density at radius 2 is 1.92 bits per heavy atom. The van der Waals surface area contributed by atoms with Gasteiger partial charge in [0.2, 0.25) is 0 Å². The van der Waals surface area contributed by atoms with Gasteiger partial charge in [0.15, 0.2) is 0 Å². The van der Waals surface area contributed by atoms with Crippen molar-refractivity contribution in [2.75, 3.05) is 18.0 Å². The second-order valence-corrected chi connectivity index (χ2v) is 6.73. The number of hydrogen-bond donors (Lipinski definition) is 2. The molecule has 126 valence electrons. The molecule has 6 heteroatoms. The SMILES string of the molecule is O=C(O)c1ccc(CNC2CCN(c3ccc(Cl)c(Cl)c3)C2)cc1. The minimum atomic E-state index is -0.900. The molecule has 0 amide bonds. The van der Waals surface area contributed by atoms with Gasteiger partial charge in [0.05, 0.1) is 15.6 Å². The number of benzene rings is 2. The molecule has 1 fully saturated rings. The molecule has 4 nitrogen and oxygen atoms in total. The van der Waals surface area contributed by atoms with E-state index in [0.29, 0.717) is 21.7 Å². The molecule has 2 aromatic rings. The first-order valence-electron chi connectivity index (χ1n) is 7.78. The van der Waals surface area contributed by atoms with Gasteiger partial charge in [0, 0.05) is 31.4 Å². The summed E-state index contributed by atoms with van der Waals surface area (Å²) in [5.74, 6) is -0.900. The summed E-state index contributed by atoms with van der Waals surface area (Å²) >= 11 is 12.1. The lowest BCUT2D eigenvalue weighted by Gasteiger charge is -2.19. The van der Waals surface area contributed by atoms with Crippen molar-refractivity contribution in [1.82, 2.24) is 5.32 Å². The molecule has 0 aliphatic carbocycles. The van der Waals surface area contributed by atoms with Gasteiger partial charge < -0.3 is 15.3 Å². The molecule has 1 aliphatic heterocycles. The second kappa shape index (κ2) is 7.43. The van der Waals surface area contributed by atoms with Crippen LogP contribution >= 0.6 is 23.2 Å². The Kier molecular flexibility index (Phi) is 5.29. The number of carboxylic acid groups (broad SMARTS) is 1. The third-order valence-corrected chi connectivity index (χ3v) is 4.99. The zero-order valence-electron chi connectivity index (χ0n) is 13.0. The summed E-state index contributed by atoms with van der Waals surface area (Å²) in [5, 5.41) is 13.6. The molecule has 1 saturated heterocycles. The van der Waals surface area contributed by atoms with E-state index in [1.54, 1.807) is 12.1 Å². The molecule has 1 unspecified atom stereocenters. The van der Waals surface area contributed by atoms with Gasteiger partial charge in [-0.15, -0.1) is 0 Å². The molecule has 0 radical (unpaired) electrons. The van der Waals surface area contributed by atoms with Crippen molar-refractivity contribution in [2.45, 2.75) is 19.0 Å². The average Bonchev–Trinajstić information content (AvgIpc) is 3.05. The number of carbonyl (C=O) groups is 1. The average molecular weight is 365 g/mol. The van der Waals surface area contributed by atoms with Crippen molar-refractivity contribution in [3.63, 3.8) is 0 Å². The van der Waals surface area contributed by atoms with Crippen LogP contribution in [0.3, 0.4) is 0 Å². The number of nitrogens with one attached hydrogen (secondary N) is 1. The highest BCUT2D eigenvalue weighted by Gasteiger charge is 2.22. The monoisotopic (exact) mass is 364 g/mol. The molecular formula is C18H18Cl2N2O2. The lowest BCUT2D eigenvalue weighted by atomic mass is 10.1. The van der Waals surface area contributed by atoms with Crippen molar-refractivity contribution < 1.29 is 9.90 Å². The van der Waals surface area contributed by atoms with Gasteiger partial charge >= 0.3 is 5.97 Å². The van der Waals surface area contributed by atoms with Crippen LogP contribution in [0.4, 0.5) is 5.69 Å². The Bertz CT molecular complexity index is 734. The molecule has 2 N–H and O–H groups in total. The van der Waals surface area contributed by atoms with Gasteiger partial charge in [-0.1, -0.05) is 35.3 Å². The quantitative estimate of drug-likeness (QED) is 0.839. The van der Waals surface area contributed by atoms with E-state index in [1.807, 2.05) is 30.3 Å². The van der Waals surface area contributed by atoms with Crippen molar-refractivity contribution in [2.24, 2.45) is 0 Å². The summed E-state index contributed by atoms with van der Waals surface area (Å²) in [6, 6.07) is 13.1. The van der Waals surface area contributed by atoms with Crippen LogP contribution in [0.15, 0.2) is 42.5 Å².